The lowest BCUT2D eigenvalue weighted by atomic mass is 10.1. The van der Waals surface area contributed by atoms with E-state index in [1.54, 1.807) is 0 Å². The molecule has 2 atom stereocenters. The van der Waals surface area contributed by atoms with Crippen molar-refractivity contribution in [1.82, 2.24) is 10.2 Å². The van der Waals surface area contributed by atoms with E-state index in [4.69, 9.17) is 19.2 Å². The first-order valence-corrected chi connectivity index (χ1v) is 9.39. The van der Waals surface area contributed by atoms with Crippen molar-refractivity contribution in [2.75, 3.05) is 52.6 Å². The Hall–Kier alpha value is -0.380. The van der Waals surface area contributed by atoms with Crippen LogP contribution in [-0.4, -0.2) is 75.7 Å². The molecule has 25 heavy (non-hydrogen) atoms. The van der Waals surface area contributed by atoms with Gasteiger partial charge >= 0.3 is 0 Å². The minimum absolute atomic E-state index is 0. The molecule has 3 heterocycles. The van der Waals surface area contributed by atoms with Crippen molar-refractivity contribution in [3.05, 3.63) is 11.6 Å². The predicted octanol–water partition coefficient (Wildman–Crippen LogP) is 2.19. The van der Waals surface area contributed by atoms with Gasteiger partial charge in [0.1, 0.15) is 6.10 Å². The van der Waals surface area contributed by atoms with Crippen LogP contribution >= 0.6 is 24.0 Å². The van der Waals surface area contributed by atoms with Gasteiger partial charge in [0.2, 0.25) is 0 Å². The van der Waals surface area contributed by atoms with Crippen LogP contribution in [0.1, 0.15) is 32.6 Å². The molecule has 0 aliphatic carbocycles. The lowest BCUT2D eigenvalue weighted by Gasteiger charge is -2.37. The number of guanidine groups is 1. The Labute approximate surface area is 168 Å². The summed E-state index contributed by atoms with van der Waals surface area (Å²) in [5.41, 5.74) is 1.47. The lowest BCUT2D eigenvalue weighted by Crippen LogP contribution is -2.53. The minimum atomic E-state index is 0. The maximum atomic E-state index is 5.95. The van der Waals surface area contributed by atoms with Crippen molar-refractivity contribution in [1.29, 1.82) is 0 Å². The van der Waals surface area contributed by atoms with Gasteiger partial charge in [-0.2, -0.15) is 0 Å². The van der Waals surface area contributed by atoms with Crippen LogP contribution in [0.3, 0.4) is 0 Å². The van der Waals surface area contributed by atoms with Gasteiger partial charge in [-0.1, -0.05) is 11.6 Å². The molecule has 2 unspecified atom stereocenters. The van der Waals surface area contributed by atoms with E-state index in [2.05, 4.69) is 23.2 Å². The standard InChI is InChI=1S/C18H31N3O3.HI/c1-2-19-18(20-8-5-15-6-11-22-12-7-15)21-9-13-24-17(14-21)16-4-3-10-23-16;/h6,16-17H,2-5,7-14H2,1H3,(H,19,20);1H. The molecule has 0 aromatic rings. The number of morpholine rings is 1. The summed E-state index contributed by atoms with van der Waals surface area (Å²) in [7, 11) is 0. The molecule has 144 valence electrons. The van der Waals surface area contributed by atoms with Crippen LogP contribution in [0.4, 0.5) is 0 Å². The Kier molecular flexibility index (Phi) is 9.51. The van der Waals surface area contributed by atoms with Crippen LogP contribution in [0.25, 0.3) is 0 Å². The second-order valence-electron chi connectivity index (χ2n) is 6.58. The van der Waals surface area contributed by atoms with Gasteiger partial charge in [0.15, 0.2) is 5.96 Å². The molecule has 3 rings (SSSR count). The van der Waals surface area contributed by atoms with Gasteiger partial charge in [0.25, 0.3) is 0 Å². The van der Waals surface area contributed by atoms with Crippen LogP contribution in [0, 0.1) is 0 Å². The highest BCUT2D eigenvalue weighted by Crippen LogP contribution is 2.21. The van der Waals surface area contributed by atoms with Crippen LogP contribution in [-0.2, 0) is 14.2 Å². The summed E-state index contributed by atoms with van der Waals surface area (Å²) in [6, 6.07) is 0. The number of nitrogens with zero attached hydrogens (tertiary/aromatic N) is 2. The van der Waals surface area contributed by atoms with Gasteiger partial charge in [-0.15, -0.1) is 24.0 Å². The fourth-order valence-corrected chi connectivity index (χ4v) is 3.51. The zero-order valence-electron chi connectivity index (χ0n) is 15.2. The molecule has 7 heteroatoms. The number of ether oxygens (including phenoxy) is 3. The average Bonchev–Trinajstić information content (AvgIpc) is 3.17. The summed E-state index contributed by atoms with van der Waals surface area (Å²) in [6.45, 7) is 8.82. The number of halogens is 1. The Morgan fingerprint density at radius 1 is 1.28 bits per heavy atom. The normalized spacial score (nSPS) is 27.6. The van der Waals surface area contributed by atoms with E-state index in [0.717, 1.165) is 84.2 Å². The molecule has 2 saturated heterocycles. The number of hydrogen-bond acceptors (Lipinski definition) is 4. The average molecular weight is 465 g/mol. The highest BCUT2D eigenvalue weighted by Gasteiger charge is 2.32. The molecule has 0 bridgehead atoms. The minimum Gasteiger partial charge on any atom is -0.377 e. The smallest absolute Gasteiger partial charge is 0.194 e. The molecule has 6 nitrogen and oxygen atoms in total. The Morgan fingerprint density at radius 3 is 2.88 bits per heavy atom. The molecule has 0 radical (unpaired) electrons. The van der Waals surface area contributed by atoms with Gasteiger partial charge in [-0.25, -0.2) is 0 Å². The van der Waals surface area contributed by atoms with Crippen LogP contribution in [0.5, 0.6) is 0 Å². The first kappa shape index (κ1) is 20.9. The van der Waals surface area contributed by atoms with Gasteiger partial charge in [0.05, 0.1) is 25.9 Å². The van der Waals surface area contributed by atoms with E-state index in [-0.39, 0.29) is 36.2 Å². The van der Waals surface area contributed by atoms with Crippen molar-refractivity contribution < 1.29 is 14.2 Å². The van der Waals surface area contributed by atoms with Crippen LogP contribution < -0.4 is 5.32 Å². The van der Waals surface area contributed by atoms with E-state index in [1.807, 2.05) is 0 Å². The van der Waals surface area contributed by atoms with E-state index >= 15 is 0 Å². The largest absolute Gasteiger partial charge is 0.377 e. The summed E-state index contributed by atoms with van der Waals surface area (Å²) in [5.74, 6) is 1.01. The number of rotatable bonds is 5. The molecule has 0 spiro atoms. The first-order valence-electron chi connectivity index (χ1n) is 9.39. The van der Waals surface area contributed by atoms with Crippen LogP contribution in [0.2, 0.25) is 0 Å². The fourth-order valence-electron chi connectivity index (χ4n) is 3.51. The van der Waals surface area contributed by atoms with Gasteiger partial charge in [-0.05, 0) is 32.6 Å². The summed E-state index contributed by atoms with van der Waals surface area (Å²) >= 11 is 0. The molecule has 0 aromatic heterocycles. The Balaban J connectivity index is 0.00000225. The Bertz CT molecular complexity index is 453. The van der Waals surface area contributed by atoms with E-state index in [9.17, 15) is 0 Å². The van der Waals surface area contributed by atoms with Crippen molar-refractivity contribution in [2.24, 2.45) is 4.99 Å². The molecule has 0 amide bonds. The van der Waals surface area contributed by atoms with E-state index in [0.29, 0.717) is 0 Å². The van der Waals surface area contributed by atoms with Gasteiger partial charge in [-0.3, -0.25) is 4.99 Å². The summed E-state index contributed by atoms with van der Waals surface area (Å²) < 4.78 is 17.1. The molecule has 3 aliphatic rings. The second-order valence-corrected chi connectivity index (χ2v) is 6.58. The van der Waals surface area contributed by atoms with Crippen molar-refractivity contribution in [2.45, 2.75) is 44.8 Å². The van der Waals surface area contributed by atoms with Crippen molar-refractivity contribution in [3.63, 3.8) is 0 Å². The molecule has 2 fully saturated rings. The molecule has 0 aromatic carbocycles. The number of hydrogen-bond donors (Lipinski definition) is 1. The molecule has 0 saturated carbocycles. The second kappa shape index (κ2) is 11.4. The highest BCUT2D eigenvalue weighted by atomic mass is 127. The van der Waals surface area contributed by atoms with Crippen molar-refractivity contribution >= 4 is 29.9 Å². The van der Waals surface area contributed by atoms with Gasteiger partial charge in [0, 0.05) is 32.8 Å². The summed E-state index contributed by atoms with van der Waals surface area (Å²) in [5, 5.41) is 3.44. The van der Waals surface area contributed by atoms with Crippen molar-refractivity contribution in [3.8, 4) is 0 Å². The number of aliphatic imine (C=N–C) groups is 1. The zero-order valence-corrected chi connectivity index (χ0v) is 17.6. The lowest BCUT2D eigenvalue weighted by molar-refractivity contribution is -0.0817. The Morgan fingerprint density at radius 2 is 2.16 bits per heavy atom. The third-order valence-corrected chi connectivity index (χ3v) is 4.86. The third-order valence-electron chi connectivity index (χ3n) is 4.86. The summed E-state index contributed by atoms with van der Waals surface area (Å²) in [4.78, 5) is 7.18. The van der Waals surface area contributed by atoms with E-state index < -0.39 is 0 Å². The maximum absolute atomic E-state index is 5.95. The van der Waals surface area contributed by atoms with Crippen LogP contribution in [0.15, 0.2) is 16.6 Å². The first-order chi connectivity index (χ1) is 11.9. The molecular weight excluding hydrogens is 433 g/mol. The van der Waals surface area contributed by atoms with Gasteiger partial charge < -0.3 is 24.4 Å². The third kappa shape index (κ3) is 6.37. The highest BCUT2D eigenvalue weighted by molar-refractivity contribution is 14.0. The predicted molar refractivity (Wildman–Crippen MR) is 110 cm³/mol. The topological polar surface area (TPSA) is 55.3 Å². The monoisotopic (exact) mass is 465 g/mol. The SMILES string of the molecule is CCNC(=NCCC1=CCOCC1)N1CCOC(C2CCCO2)C1.I. The quantitative estimate of drug-likeness (QED) is 0.292. The molecular formula is C18H32IN3O3. The molecule has 1 N–H and O–H groups in total. The van der Waals surface area contributed by atoms with E-state index in [1.165, 1.54) is 5.57 Å². The number of nitrogens with one attached hydrogen (secondary N) is 1. The summed E-state index contributed by atoms with van der Waals surface area (Å²) in [6.07, 6.45) is 6.96. The fraction of sp³-hybridized carbons (Fsp3) is 0.833. The molecule has 3 aliphatic heterocycles. The maximum Gasteiger partial charge on any atom is 0.194 e. The zero-order chi connectivity index (χ0) is 16.6.